The second-order valence-corrected chi connectivity index (χ2v) is 6.70. The van der Waals surface area contributed by atoms with Gasteiger partial charge in [-0.1, -0.05) is 13.8 Å². The van der Waals surface area contributed by atoms with Gasteiger partial charge in [0.1, 0.15) is 5.54 Å². The van der Waals surface area contributed by atoms with Gasteiger partial charge in [0.05, 0.1) is 12.7 Å². The summed E-state index contributed by atoms with van der Waals surface area (Å²) in [5, 5.41) is 0. The van der Waals surface area contributed by atoms with Crippen molar-refractivity contribution in [3.8, 4) is 0 Å². The van der Waals surface area contributed by atoms with Gasteiger partial charge in [-0.25, -0.2) is 0 Å². The fourth-order valence-electron chi connectivity index (χ4n) is 3.47. The Morgan fingerprint density at radius 3 is 2.70 bits per heavy atom. The molecule has 20 heavy (non-hydrogen) atoms. The Morgan fingerprint density at radius 2 is 2.15 bits per heavy atom. The third-order valence-corrected chi connectivity index (χ3v) is 5.19. The molecule has 3 unspecified atom stereocenters. The molecule has 2 rings (SSSR count). The second-order valence-electron chi connectivity index (χ2n) is 6.70. The molecule has 1 saturated carbocycles. The van der Waals surface area contributed by atoms with Crippen molar-refractivity contribution in [2.45, 2.75) is 45.3 Å². The Labute approximate surface area is 121 Å². The van der Waals surface area contributed by atoms with E-state index in [9.17, 15) is 4.79 Å². The summed E-state index contributed by atoms with van der Waals surface area (Å²) in [7, 11) is 1.70. The topological polar surface area (TPSA) is 64.8 Å². The predicted octanol–water partition coefficient (Wildman–Crippen LogP) is 1.01. The zero-order valence-corrected chi connectivity index (χ0v) is 13.1. The number of nitrogens with zero attached hydrogens (tertiary/aromatic N) is 1. The van der Waals surface area contributed by atoms with Crippen LogP contribution in [0.5, 0.6) is 0 Å². The molecule has 0 aromatic heterocycles. The monoisotopic (exact) mass is 284 g/mol. The molecule has 1 aliphatic carbocycles. The summed E-state index contributed by atoms with van der Waals surface area (Å²) in [6.45, 7) is 8.99. The molecule has 1 heterocycles. The van der Waals surface area contributed by atoms with Gasteiger partial charge in [-0.2, -0.15) is 0 Å². The highest BCUT2D eigenvalue weighted by Crippen LogP contribution is 2.50. The Balaban J connectivity index is 2.00. The molecule has 0 radical (unpaired) electrons. The van der Waals surface area contributed by atoms with Crippen LogP contribution in [0.25, 0.3) is 0 Å². The third-order valence-electron chi connectivity index (χ3n) is 5.19. The standard InChI is InChI=1S/C15H28N2O3/c1-5-20-12-8-15(16,14(12,2)3)13(18)17-7-6-11(9-17)10-19-4/h11-12H,5-10,16H2,1-4H3. The number of likely N-dealkylation sites (tertiary alicyclic amines) is 1. The first-order valence-corrected chi connectivity index (χ1v) is 7.55. The highest BCUT2D eigenvalue weighted by atomic mass is 16.5. The van der Waals surface area contributed by atoms with E-state index in [0.29, 0.717) is 25.6 Å². The molecule has 116 valence electrons. The molecule has 1 amide bonds. The number of rotatable bonds is 5. The first-order chi connectivity index (χ1) is 9.36. The lowest BCUT2D eigenvalue weighted by atomic mass is 9.54. The van der Waals surface area contributed by atoms with Gasteiger partial charge in [0.2, 0.25) is 5.91 Å². The zero-order chi connectivity index (χ0) is 15.0. The highest BCUT2D eigenvalue weighted by molar-refractivity contribution is 5.89. The van der Waals surface area contributed by atoms with E-state index in [2.05, 4.69) is 0 Å². The Kier molecular flexibility index (Phi) is 4.42. The molecule has 3 atom stereocenters. The van der Waals surface area contributed by atoms with Crippen molar-refractivity contribution in [1.82, 2.24) is 4.90 Å². The lowest BCUT2D eigenvalue weighted by Gasteiger charge is -2.58. The van der Waals surface area contributed by atoms with E-state index in [4.69, 9.17) is 15.2 Å². The van der Waals surface area contributed by atoms with E-state index in [0.717, 1.165) is 19.5 Å². The molecular formula is C15H28N2O3. The molecule has 0 aromatic carbocycles. The van der Waals surface area contributed by atoms with Crippen LogP contribution in [0.4, 0.5) is 0 Å². The molecule has 2 N–H and O–H groups in total. The van der Waals surface area contributed by atoms with E-state index in [1.807, 2.05) is 25.7 Å². The van der Waals surface area contributed by atoms with Crippen molar-refractivity contribution >= 4 is 5.91 Å². The minimum atomic E-state index is -0.783. The summed E-state index contributed by atoms with van der Waals surface area (Å²) in [5.41, 5.74) is 5.35. The van der Waals surface area contributed by atoms with E-state index in [1.54, 1.807) is 7.11 Å². The first kappa shape index (κ1) is 15.7. The molecule has 0 bridgehead atoms. The fraction of sp³-hybridized carbons (Fsp3) is 0.933. The molecule has 5 nitrogen and oxygen atoms in total. The van der Waals surface area contributed by atoms with Gasteiger partial charge >= 0.3 is 0 Å². The molecule has 1 saturated heterocycles. The minimum Gasteiger partial charge on any atom is -0.384 e. The van der Waals surface area contributed by atoms with Gasteiger partial charge < -0.3 is 20.1 Å². The van der Waals surface area contributed by atoms with Gasteiger partial charge in [0, 0.05) is 44.6 Å². The van der Waals surface area contributed by atoms with Gasteiger partial charge in [-0.05, 0) is 13.3 Å². The normalized spacial score (nSPS) is 36.0. The van der Waals surface area contributed by atoms with Crippen LogP contribution in [0.1, 0.15) is 33.6 Å². The van der Waals surface area contributed by atoms with Crippen molar-refractivity contribution in [3.63, 3.8) is 0 Å². The number of carbonyl (C=O) groups is 1. The molecule has 0 spiro atoms. The number of hydrogen-bond donors (Lipinski definition) is 1. The lowest BCUT2D eigenvalue weighted by Crippen LogP contribution is -2.75. The largest absolute Gasteiger partial charge is 0.384 e. The average molecular weight is 284 g/mol. The van der Waals surface area contributed by atoms with Crippen molar-refractivity contribution in [2.75, 3.05) is 33.4 Å². The van der Waals surface area contributed by atoms with Gasteiger partial charge in [-0.3, -0.25) is 4.79 Å². The van der Waals surface area contributed by atoms with Crippen LogP contribution < -0.4 is 5.73 Å². The number of amides is 1. The molecular weight excluding hydrogens is 256 g/mol. The van der Waals surface area contributed by atoms with E-state index in [-0.39, 0.29) is 17.4 Å². The molecule has 0 aromatic rings. The van der Waals surface area contributed by atoms with Crippen LogP contribution in [0.3, 0.4) is 0 Å². The van der Waals surface area contributed by atoms with Crippen molar-refractivity contribution in [3.05, 3.63) is 0 Å². The van der Waals surface area contributed by atoms with E-state index < -0.39 is 5.54 Å². The van der Waals surface area contributed by atoms with Gasteiger partial charge in [0.25, 0.3) is 0 Å². The predicted molar refractivity (Wildman–Crippen MR) is 77.3 cm³/mol. The average Bonchev–Trinajstić information content (AvgIpc) is 2.86. The minimum absolute atomic E-state index is 0.0806. The van der Waals surface area contributed by atoms with Gasteiger partial charge in [-0.15, -0.1) is 0 Å². The van der Waals surface area contributed by atoms with Crippen LogP contribution in [-0.2, 0) is 14.3 Å². The summed E-state index contributed by atoms with van der Waals surface area (Å²) in [5.74, 6) is 0.524. The zero-order valence-electron chi connectivity index (χ0n) is 13.1. The first-order valence-electron chi connectivity index (χ1n) is 7.55. The number of ether oxygens (including phenoxy) is 2. The quantitative estimate of drug-likeness (QED) is 0.818. The Bertz CT molecular complexity index is 372. The van der Waals surface area contributed by atoms with Crippen molar-refractivity contribution in [1.29, 1.82) is 0 Å². The summed E-state index contributed by atoms with van der Waals surface area (Å²) >= 11 is 0. The number of nitrogens with two attached hydrogens (primary N) is 1. The molecule has 2 aliphatic rings. The van der Waals surface area contributed by atoms with Crippen LogP contribution in [0.2, 0.25) is 0 Å². The van der Waals surface area contributed by atoms with Crippen molar-refractivity contribution in [2.24, 2.45) is 17.1 Å². The smallest absolute Gasteiger partial charge is 0.243 e. The lowest BCUT2D eigenvalue weighted by molar-refractivity contribution is -0.178. The SMILES string of the molecule is CCOC1CC(N)(C(=O)N2CCC(COC)C2)C1(C)C. The summed E-state index contributed by atoms with van der Waals surface area (Å²) < 4.78 is 10.9. The van der Waals surface area contributed by atoms with Crippen LogP contribution in [-0.4, -0.2) is 55.9 Å². The van der Waals surface area contributed by atoms with Gasteiger partial charge in [0.15, 0.2) is 0 Å². The second kappa shape index (κ2) is 5.62. The van der Waals surface area contributed by atoms with Crippen LogP contribution in [0.15, 0.2) is 0 Å². The van der Waals surface area contributed by atoms with Crippen molar-refractivity contribution < 1.29 is 14.3 Å². The Morgan fingerprint density at radius 1 is 1.45 bits per heavy atom. The number of methoxy groups -OCH3 is 1. The number of hydrogen-bond acceptors (Lipinski definition) is 4. The molecule has 1 aliphatic heterocycles. The highest BCUT2D eigenvalue weighted by Gasteiger charge is 2.64. The van der Waals surface area contributed by atoms with Crippen LogP contribution >= 0.6 is 0 Å². The Hall–Kier alpha value is -0.650. The molecule has 2 fully saturated rings. The fourth-order valence-corrected chi connectivity index (χ4v) is 3.47. The summed E-state index contributed by atoms with van der Waals surface area (Å²) in [6, 6.07) is 0. The number of carbonyl (C=O) groups excluding carboxylic acids is 1. The van der Waals surface area contributed by atoms with Crippen LogP contribution in [0, 0.1) is 11.3 Å². The van der Waals surface area contributed by atoms with E-state index in [1.165, 1.54) is 0 Å². The third kappa shape index (κ3) is 2.36. The summed E-state index contributed by atoms with van der Waals surface area (Å²) in [6.07, 6.45) is 1.71. The summed E-state index contributed by atoms with van der Waals surface area (Å²) in [4.78, 5) is 14.7. The maximum absolute atomic E-state index is 12.8. The maximum Gasteiger partial charge on any atom is 0.243 e. The molecule has 5 heteroatoms. The van der Waals surface area contributed by atoms with E-state index >= 15 is 0 Å². The maximum atomic E-state index is 12.8.